The number of nitrogens with one attached hydrogen (secondary N) is 1. The van der Waals surface area contributed by atoms with Crippen LogP contribution in [0.1, 0.15) is 50.5 Å². The van der Waals surface area contributed by atoms with E-state index in [-0.39, 0.29) is 33.4 Å². The van der Waals surface area contributed by atoms with Crippen LogP contribution in [0.3, 0.4) is 0 Å². The molecule has 0 spiro atoms. The Hall–Kier alpha value is -2.87. The van der Waals surface area contributed by atoms with E-state index in [1.54, 1.807) is 25.3 Å². The molecule has 5 rings (SSSR count). The number of rotatable bonds is 9. The molecule has 3 aliphatic rings. The third-order valence-electron chi connectivity index (χ3n) is 7.33. The fourth-order valence-corrected chi connectivity index (χ4v) is 7.62. The van der Waals surface area contributed by atoms with Crippen molar-refractivity contribution in [1.29, 1.82) is 0 Å². The van der Waals surface area contributed by atoms with Gasteiger partial charge in [0.15, 0.2) is 26.8 Å². The Kier molecular flexibility index (Phi) is 8.27. The largest absolute Gasteiger partial charge is 0.389 e. The number of carbonyl (C=O) groups is 2. The van der Waals surface area contributed by atoms with Crippen LogP contribution in [-0.2, 0) is 35.5 Å². The van der Waals surface area contributed by atoms with Crippen LogP contribution in [0.5, 0.6) is 0 Å². The normalized spacial score (nSPS) is 21.8. The third-order valence-corrected chi connectivity index (χ3v) is 10.5. The second-order valence-corrected chi connectivity index (χ2v) is 14.4. The first-order valence-corrected chi connectivity index (χ1v) is 15.8. The van der Waals surface area contributed by atoms with Gasteiger partial charge in [-0.25, -0.2) is 13.4 Å². The van der Waals surface area contributed by atoms with E-state index in [1.807, 2.05) is 4.90 Å². The van der Waals surface area contributed by atoms with Crippen molar-refractivity contribution in [3.05, 3.63) is 40.9 Å². The van der Waals surface area contributed by atoms with Gasteiger partial charge in [0.1, 0.15) is 0 Å². The van der Waals surface area contributed by atoms with Crippen molar-refractivity contribution in [2.24, 2.45) is 5.16 Å². The molecule has 3 fully saturated rings. The number of oxime groups is 1. The SMILES string of the molecule is CC(=O)N1CCN(Cc2cnc(NC(=O)C(=NO[C@@H]3CCOC3)c3ccc(S(=O)(=O)C4CC4)cc3)s2)CC1(C)C. The first-order chi connectivity index (χ1) is 19.0. The van der Waals surface area contributed by atoms with E-state index in [0.29, 0.717) is 56.3 Å². The van der Waals surface area contributed by atoms with Crippen LogP contribution >= 0.6 is 11.3 Å². The van der Waals surface area contributed by atoms with E-state index in [1.165, 1.54) is 23.5 Å². The zero-order valence-corrected chi connectivity index (χ0v) is 24.6. The summed E-state index contributed by atoms with van der Waals surface area (Å²) < 4.78 is 30.5. The van der Waals surface area contributed by atoms with Crippen molar-refractivity contribution in [2.75, 3.05) is 38.2 Å². The lowest BCUT2D eigenvalue weighted by Gasteiger charge is -2.46. The number of sulfone groups is 1. The molecule has 0 unspecified atom stereocenters. The molecule has 3 heterocycles. The first-order valence-electron chi connectivity index (χ1n) is 13.5. The molecule has 1 aromatic heterocycles. The standard InChI is InChI=1S/C27H35N5O6S2/c1-18(33)32-12-11-31(17-27(32,2)3)15-21-14-28-26(39-21)29-25(34)24(30-38-20-10-13-37-16-20)19-4-6-22(7-5-19)40(35,36)23-8-9-23/h4-7,14,20,23H,8-13,15-17H2,1-3H3,(H,28,29,34)/t20-/m1/s1. The number of hydrogen-bond acceptors (Lipinski definition) is 10. The summed E-state index contributed by atoms with van der Waals surface area (Å²) in [5.41, 5.74) is 0.198. The molecule has 0 bridgehead atoms. The molecule has 2 aliphatic heterocycles. The lowest BCUT2D eigenvalue weighted by molar-refractivity contribution is -0.138. The van der Waals surface area contributed by atoms with Crippen molar-refractivity contribution in [3.8, 4) is 0 Å². The molecular formula is C27H35N5O6S2. The minimum absolute atomic E-state index is 0.0288. The fourth-order valence-electron chi connectivity index (χ4n) is 5.11. The molecule has 2 amide bonds. The highest BCUT2D eigenvalue weighted by atomic mass is 32.2. The van der Waals surface area contributed by atoms with Crippen LogP contribution in [0.15, 0.2) is 40.5 Å². The molecular weight excluding hydrogens is 554 g/mol. The first kappa shape index (κ1) is 28.7. The van der Waals surface area contributed by atoms with Crippen molar-refractivity contribution < 1.29 is 27.6 Å². The van der Waals surface area contributed by atoms with E-state index in [4.69, 9.17) is 9.57 Å². The summed E-state index contributed by atoms with van der Waals surface area (Å²) >= 11 is 1.37. The number of hydrogen-bond donors (Lipinski definition) is 1. The molecule has 40 heavy (non-hydrogen) atoms. The molecule has 0 radical (unpaired) electrons. The maximum atomic E-state index is 13.3. The van der Waals surface area contributed by atoms with E-state index in [9.17, 15) is 18.0 Å². The summed E-state index contributed by atoms with van der Waals surface area (Å²) in [4.78, 5) is 40.7. The highest BCUT2D eigenvalue weighted by molar-refractivity contribution is 7.92. The predicted molar refractivity (Wildman–Crippen MR) is 151 cm³/mol. The number of carbonyl (C=O) groups excluding carboxylic acids is 2. The van der Waals surface area contributed by atoms with Crippen molar-refractivity contribution in [2.45, 2.75) is 68.4 Å². The Morgan fingerprint density at radius 1 is 1.20 bits per heavy atom. The van der Waals surface area contributed by atoms with Gasteiger partial charge in [-0.15, -0.1) is 11.3 Å². The molecule has 1 N–H and O–H groups in total. The number of anilines is 1. The monoisotopic (exact) mass is 589 g/mol. The number of aromatic nitrogens is 1. The third kappa shape index (κ3) is 6.54. The van der Waals surface area contributed by atoms with E-state index < -0.39 is 15.7 Å². The number of amides is 2. The van der Waals surface area contributed by atoms with Crippen LogP contribution in [0.2, 0.25) is 0 Å². The van der Waals surface area contributed by atoms with Gasteiger partial charge < -0.3 is 14.5 Å². The summed E-state index contributed by atoms with van der Waals surface area (Å²) in [6.45, 7) is 9.50. The lowest BCUT2D eigenvalue weighted by Crippen LogP contribution is -2.60. The molecule has 1 aromatic carbocycles. The van der Waals surface area contributed by atoms with Gasteiger partial charge in [0, 0.05) is 61.7 Å². The summed E-state index contributed by atoms with van der Waals surface area (Å²) in [6, 6.07) is 6.19. The average Bonchev–Trinajstić information content (AvgIpc) is 3.48. The lowest BCUT2D eigenvalue weighted by atomic mass is 9.98. The maximum Gasteiger partial charge on any atom is 0.280 e. The van der Waals surface area contributed by atoms with E-state index >= 15 is 0 Å². The van der Waals surface area contributed by atoms with E-state index in [0.717, 1.165) is 18.0 Å². The Bertz CT molecular complexity index is 1380. The zero-order chi connectivity index (χ0) is 28.5. The molecule has 2 aromatic rings. The summed E-state index contributed by atoms with van der Waals surface area (Å²) in [5.74, 6) is -0.428. The highest BCUT2D eigenvalue weighted by Crippen LogP contribution is 2.33. The van der Waals surface area contributed by atoms with Gasteiger partial charge in [-0.05, 0) is 38.8 Å². The second kappa shape index (κ2) is 11.6. The molecule has 1 saturated carbocycles. The Labute approximate surface area is 238 Å². The van der Waals surface area contributed by atoms with E-state index in [2.05, 4.69) is 34.2 Å². The molecule has 2 saturated heterocycles. The predicted octanol–water partition coefficient (Wildman–Crippen LogP) is 2.67. The second-order valence-electron chi connectivity index (χ2n) is 11.1. The summed E-state index contributed by atoms with van der Waals surface area (Å²) in [6.07, 6.45) is 3.52. The zero-order valence-electron chi connectivity index (χ0n) is 23.0. The molecule has 13 heteroatoms. The topological polar surface area (TPSA) is 130 Å². The number of thiazole rings is 1. The van der Waals surface area contributed by atoms with Gasteiger partial charge in [0.2, 0.25) is 5.91 Å². The van der Waals surface area contributed by atoms with Crippen molar-refractivity contribution in [1.82, 2.24) is 14.8 Å². The maximum absolute atomic E-state index is 13.3. The molecule has 1 atom stereocenters. The number of ether oxygens (including phenoxy) is 1. The smallest absolute Gasteiger partial charge is 0.280 e. The minimum atomic E-state index is -3.35. The van der Waals surface area contributed by atoms with Gasteiger partial charge in [-0.1, -0.05) is 17.3 Å². The van der Waals surface area contributed by atoms with Gasteiger partial charge >= 0.3 is 0 Å². The fraction of sp³-hybridized carbons (Fsp3) is 0.556. The molecule has 216 valence electrons. The quantitative estimate of drug-likeness (QED) is 0.349. The van der Waals surface area contributed by atoms with Crippen LogP contribution in [0, 0.1) is 0 Å². The van der Waals surface area contributed by atoms with Gasteiger partial charge in [0.05, 0.1) is 23.4 Å². The van der Waals surface area contributed by atoms with Crippen molar-refractivity contribution >= 4 is 43.8 Å². The minimum Gasteiger partial charge on any atom is -0.389 e. The summed E-state index contributed by atoms with van der Waals surface area (Å²) in [5, 5.41) is 7.09. The van der Waals surface area contributed by atoms with Gasteiger partial charge in [0.25, 0.3) is 5.91 Å². The summed E-state index contributed by atoms with van der Waals surface area (Å²) in [7, 11) is -3.35. The van der Waals surface area contributed by atoms with Gasteiger partial charge in [-0.3, -0.25) is 19.8 Å². The Balaban J connectivity index is 1.27. The number of benzene rings is 1. The van der Waals surface area contributed by atoms with Crippen LogP contribution in [0.4, 0.5) is 5.13 Å². The molecule has 1 aliphatic carbocycles. The van der Waals surface area contributed by atoms with Crippen LogP contribution in [-0.4, -0.2) is 90.5 Å². The van der Waals surface area contributed by atoms with Crippen LogP contribution in [0.25, 0.3) is 0 Å². The van der Waals surface area contributed by atoms with Crippen LogP contribution < -0.4 is 5.32 Å². The number of piperazine rings is 1. The Morgan fingerprint density at radius 2 is 1.95 bits per heavy atom. The molecule has 11 nitrogen and oxygen atoms in total. The highest BCUT2D eigenvalue weighted by Gasteiger charge is 2.37. The average molecular weight is 590 g/mol. The van der Waals surface area contributed by atoms with Gasteiger partial charge in [-0.2, -0.15) is 0 Å². The van der Waals surface area contributed by atoms with Crippen molar-refractivity contribution in [3.63, 3.8) is 0 Å². The number of nitrogens with zero attached hydrogens (tertiary/aromatic N) is 4. The Morgan fingerprint density at radius 3 is 2.58 bits per heavy atom.